The molecule has 3 N–H and O–H groups in total. The predicted octanol–water partition coefficient (Wildman–Crippen LogP) is -1.47. The van der Waals surface area contributed by atoms with Crippen LogP contribution in [-0.2, 0) is 9.59 Å². The molecule has 3 amide bonds. The molecule has 0 bridgehead atoms. The van der Waals surface area contributed by atoms with Crippen LogP contribution < -0.4 is 10.6 Å². The first kappa shape index (κ1) is 15.2. The summed E-state index contributed by atoms with van der Waals surface area (Å²) < 4.78 is 0. The summed E-state index contributed by atoms with van der Waals surface area (Å²) in [6, 6.07) is -0.216. The highest BCUT2D eigenvalue weighted by molar-refractivity contribution is 5.86. The number of hydrogen-bond acceptors (Lipinski definition) is 4. The molecule has 8 nitrogen and oxygen atoms in total. The van der Waals surface area contributed by atoms with Crippen LogP contribution in [0.4, 0.5) is 4.79 Å². The molecule has 0 aromatic rings. The van der Waals surface area contributed by atoms with Gasteiger partial charge in [-0.2, -0.15) is 0 Å². The van der Waals surface area contributed by atoms with Gasteiger partial charge in [0.05, 0.1) is 6.54 Å². The molecule has 1 heterocycles. The zero-order chi connectivity index (χ0) is 14.4. The van der Waals surface area contributed by atoms with Crippen molar-refractivity contribution in [1.82, 2.24) is 20.4 Å². The number of carboxylic acid groups (broad SMARTS) is 1. The molecule has 19 heavy (non-hydrogen) atoms. The monoisotopic (exact) mass is 272 g/mol. The molecule has 0 saturated carbocycles. The molecule has 0 aromatic carbocycles. The van der Waals surface area contributed by atoms with E-state index in [1.54, 1.807) is 4.90 Å². The Morgan fingerprint density at radius 1 is 1.21 bits per heavy atom. The first-order chi connectivity index (χ1) is 8.90. The predicted molar refractivity (Wildman–Crippen MR) is 67.7 cm³/mol. The highest BCUT2D eigenvalue weighted by Crippen LogP contribution is 2.07. The molecule has 0 aromatic heterocycles. The third-order valence-electron chi connectivity index (χ3n) is 2.93. The fourth-order valence-corrected chi connectivity index (χ4v) is 1.94. The highest BCUT2D eigenvalue weighted by Gasteiger charge is 2.25. The maximum absolute atomic E-state index is 11.9. The average Bonchev–Trinajstić information content (AvgIpc) is 2.33. The molecule has 1 fully saturated rings. The number of likely N-dealkylation sites (N-methyl/N-ethyl adjacent to an activating group) is 1. The lowest BCUT2D eigenvalue weighted by Gasteiger charge is -2.38. The summed E-state index contributed by atoms with van der Waals surface area (Å²) in [4.78, 5) is 37.2. The van der Waals surface area contributed by atoms with Gasteiger partial charge in [-0.1, -0.05) is 0 Å². The maximum atomic E-state index is 11.9. The number of carbonyl (C=O) groups is 3. The number of piperazine rings is 1. The van der Waals surface area contributed by atoms with Crippen LogP contribution >= 0.6 is 0 Å². The SMILES string of the molecule is CC1CN(C)CCN1C(=O)NCC(=O)NCC(=O)O. The van der Waals surface area contributed by atoms with Gasteiger partial charge in [-0.15, -0.1) is 0 Å². The van der Waals surface area contributed by atoms with E-state index in [0.717, 1.165) is 13.1 Å². The number of urea groups is 1. The van der Waals surface area contributed by atoms with Gasteiger partial charge in [0.2, 0.25) is 5.91 Å². The first-order valence-corrected chi connectivity index (χ1v) is 6.11. The van der Waals surface area contributed by atoms with E-state index >= 15 is 0 Å². The van der Waals surface area contributed by atoms with Gasteiger partial charge in [-0.05, 0) is 14.0 Å². The molecule has 108 valence electrons. The molecule has 1 aliphatic rings. The van der Waals surface area contributed by atoms with Crippen molar-refractivity contribution in [3.05, 3.63) is 0 Å². The topological polar surface area (TPSA) is 102 Å². The summed E-state index contributed by atoms with van der Waals surface area (Å²) in [6.45, 7) is 3.48. The van der Waals surface area contributed by atoms with Crippen LogP contribution in [-0.4, -0.2) is 78.6 Å². The Kier molecular flexibility index (Phi) is 5.56. The summed E-state index contributed by atoms with van der Waals surface area (Å²) in [5.74, 6) is -1.63. The van der Waals surface area contributed by atoms with Crippen molar-refractivity contribution >= 4 is 17.9 Å². The van der Waals surface area contributed by atoms with Crippen LogP contribution in [0.2, 0.25) is 0 Å². The van der Waals surface area contributed by atoms with E-state index in [-0.39, 0.29) is 18.6 Å². The number of aliphatic carboxylic acids is 1. The second-order valence-corrected chi connectivity index (χ2v) is 4.63. The zero-order valence-corrected chi connectivity index (χ0v) is 11.2. The number of nitrogens with one attached hydrogen (secondary N) is 2. The van der Waals surface area contributed by atoms with Crippen LogP contribution in [0, 0.1) is 0 Å². The van der Waals surface area contributed by atoms with Crippen molar-refractivity contribution < 1.29 is 19.5 Å². The number of carboxylic acids is 1. The van der Waals surface area contributed by atoms with Gasteiger partial charge < -0.3 is 25.5 Å². The lowest BCUT2D eigenvalue weighted by atomic mass is 10.2. The van der Waals surface area contributed by atoms with Gasteiger partial charge >= 0.3 is 12.0 Å². The smallest absolute Gasteiger partial charge is 0.322 e. The Labute approximate surface area is 111 Å². The lowest BCUT2D eigenvalue weighted by Crippen LogP contribution is -2.56. The van der Waals surface area contributed by atoms with Gasteiger partial charge in [0.25, 0.3) is 0 Å². The van der Waals surface area contributed by atoms with Crippen molar-refractivity contribution in [2.45, 2.75) is 13.0 Å². The van der Waals surface area contributed by atoms with E-state index in [9.17, 15) is 14.4 Å². The van der Waals surface area contributed by atoms with E-state index in [0.29, 0.717) is 6.54 Å². The number of amides is 3. The number of nitrogens with zero attached hydrogens (tertiary/aromatic N) is 2. The second-order valence-electron chi connectivity index (χ2n) is 4.63. The van der Waals surface area contributed by atoms with Crippen molar-refractivity contribution in [3.63, 3.8) is 0 Å². The standard InChI is InChI=1S/C11H20N4O4/c1-8-7-14(2)3-4-15(8)11(19)13-5-9(16)12-6-10(17)18/h8H,3-7H2,1-2H3,(H,12,16)(H,13,19)(H,17,18). The maximum Gasteiger partial charge on any atom is 0.322 e. The highest BCUT2D eigenvalue weighted by atomic mass is 16.4. The minimum Gasteiger partial charge on any atom is -0.480 e. The third-order valence-corrected chi connectivity index (χ3v) is 2.93. The normalized spacial score (nSPS) is 19.9. The minimum atomic E-state index is -1.12. The zero-order valence-electron chi connectivity index (χ0n) is 11.2. The summed E-state index contributed by atoms with van der Waals surface area (Å²) in [5, 5.41) is 13.1. The van der Waals surface area contributed by atoms with Crippen LogP contribution in [0.15, 0.2) is 0 Å². The summed E-state index contributed by atoms with van der Waals surface area (Å²) in [6.07, 6.45) is 0. The van der Waals surface area contributed by atoms with Gasteiger partial charge in [-0.3, -0.25) is 9.59 Å². The van der Waals surface area contributed by atoms with E-state index in [4.69, 9.17) is 5.11 Å². The number of hydrogen-bond donors (Lipinski definition) is 3. The Bertz CT molecular complexity index is 361. The molecule has 0 radical (unpaired) electrons. The number of rotatable bonds is 4. The van der Waals surface area contributed by atoms with Crippen molar-refractivity contribution in [1.29, 1.82) is 0 Å². The van der Waals surface area contributed by atoms with Crippen molar-refractivity contribution in [2.75, 3.05) is 39.8 Å². The summed E-state index contributed by atoms with van der Waals surface area (Å²) in [7, 11) is 1.99. The van der Waals surface area contributed by atoms with Crippen LogP contribution in [0.5, 0.6) is 0 Å². The Morgan fingerprint density at radius 2 is 1.89 bits per heavy atom. The van der Waals surface area contributed by atoms with E-state index < -0.39 is 18.4 Å². The van der Waals surface area contributed by atoms with E-state index in [2.05, 4.69) is 15.5 Å². The Balaban J connectivity index is 2.31. The molecule has 0 spiro atoms. The summed E-state index contributed by atoms with van der Waals surface area (Å²) >= 11 is 0. The van der Waals surface area contributed by atoms with Crippen molar-refractivity contribution in [2.24, 2.45) is 0 Å². The van der Waals surface area contributed by atoms with Gasteiger partial charge in [-0.25, -0.2) is 4.79 Å². The largest absolute Gasteiger partial charge is 0.480 e. The first-order valence-electron chi connectivity index (χ1n) is 6.11. The molecule has 1 atom stereocenters. The second kappa shape index (κ2) is 6.93. The van der Waals surface area contributed by atoms with Crippen molar-refractivity contribution in [3.8, 4) is 0 Å². The summed E-state index contributed by atoms with van der Waals surface area (Å²) in [5.41, 5.74) is 0. The number of carbonyl (C=O) groups excluding carboxylic acids is 2. The van der Waals surface area contributed by atoms with Gasteiger partial charge in [0.1, 0.15) is 6.54 Å². The molecule has 1 rings (SSSR count). The third kappa shape index (κ3) is 5.12. The molecule has 1 aliphatic heterocycles. The Hall–Kier alpha value is -1.83. The average molecular weight is 272 g/mol. The van der Waals surface area contributed by atoms with Gasteiger partial charge in [0.15, 0.2) is 0 Å². The van der Waals surface area contributed by atoms with Crippen LogP contribution in [0.3, 0.4) is 0 Å². The molecular formula is C11H20N4O4. The quantitative estimate of drug-likeness (QED) is 0.580. The fourth-order valence-electron chi connectivity index (χ4n) is 1.94. The van der Waals surface area contributed by atoms with E-state index in [1.807, 2.05) is 14.0 Å². The molecule has 1 unspecified atom stereocenters. The molecule has 8 heteroatoms. The fraction of sp³-hybridized carbons (Fsp3) is 0.727. The minimum absolute atomic E-state index is 0.0841. The van der Waals surface area contributed by atoms with Crippen LogP contribution in [0.1, 0.15) is 6.92 Å². The molecular weight excluding hydrogens is 252 g/mol. The van der Waals surface area contributed by atoms with E-state index in [1.165, 1.54) is 0 Å². The molecule has 1 saturated heterocycles. The Morgan fingerprint density at radius 3 is 2.47 bits per heavy atom. The van der Waals surface area contributed by atoms with Gasteiger partial charge in [0, 0.05) is 25.7 Å². The van der Waals surface area contributed by atoms with Crippen LogP contribution in [0.25, 0.3) is 0 Å². The molecule has 0 aliphatic carbocycles. The lowest BCUT2D eigenvalue weighted by molar-refractivity contribution is -0.137.